The quantitative estimate of drug-likeness (QED) is 0.383. The summed E-state index contributed by atoms with van der Waals surface area (Å²) in [7, 11) is 0. The van der Waals surface area contributed by atoms with Gasteiger partial charge in [0.15, 0.2) is 0 Å². The smallest absolute Gasteiger partial charge is 0.312 e. The molecule has 5 rings (SSSR count). The molecule has 0 aromatic carbocycles. The highest BCUT2D eigenvalue weighted by Crippen LogP contribution is 2.76. The van der Waals surface area contributed by atoms with Crippen molar-refractivity contribution in [2.24, 2.45) is 50.7 Å². The van der Waals surface area contributed by atoms with Crippen molar-refractivity contribution >= 4 is 11.9 Å². The fourth-order valence-electron chi connectivity index (χ4n) is 10.8. The molecule has 4 fully saturated rings. The Morgan fingerprint density at radius 2 is 1.53 bits per heavy atom. The largest absolute Gasteiger partial charge is 0.481 e. The van der Waals surface area contributed by atoms with E-state index in [2.05, 4.69) is 33.8 Å². The van der Waals surface area contributed by atoms with Crippen LogP contribution < -0.4 is 0 Å². The van der Waals surface area contributed by atoms with Crippen LogP contribution in [-0.4, -0.2) is 44.1 Å². The first-order chi connectivity index (χ1) is 16.5. The van der Waals surface area contributed by atoms with Crippen molar-refractivity contribution in [3.8, 4) is 0 Å². The zero-order chi connectivity index (χ0) is 26.7. The van der Waals surface area contributed by atoms with E-state index >= 15 is 0 Å². The van der Waals surface area contributed by atoms with Crippen LogP contribution in [0.5, 0.6) is 0 Å². The zero-order valence-electron chi connectivity index (χ0n) is 22.9. The highest BCUT2D eigenvalue weighted by atomic mass is 16.4. The number of carboxylic acids is 2. The van der Waals surface area contributed by atoms with Gasteiger partial charge in [-0.2, -0.15) is 0 Å². The Labute approximate surface area is 215 Å². The molecular formula is C30H46O6. The second-order valence-electron chi connectivity index (χ2n) is 14.5. The van der Waals surface area contributed by atoms with E-state index in [1.54, 1.807) is 6.92 Å². The maximum atomic E-state index is 12.8. The fourth-order valence-corrected chi connectivity index (χ4v) is 10.8. The summed E-state index contributed by atoms with van der Waals surface area (Å²) in [4.78, 5) is 25.4. The first-order valence-electron chi connectivity index (χ1n) is 14.1. The molecular weight excluding hydrogens is 456 g/mol. The molecule has 6 nitrogen and oxygen atoms in total. The van der Waals surface area contributed by atoms with Gasteiger partial charge in [-0.05, 0) is 106 Å². The highest BCUT2D eigenvalue weighted by molar-refractivity contribution is 5.77. The van der Waals surface area contributed by atoms with E-state index in [4.69, 9.17) is 0 Å². The van der Waals surface area contributed by atoms with Crippen molar-refractivity contribution in [3.05, 3.63) is 11.6 Å². The molecule has 0 amide bonds. The molecule has 0 heterocycles. The normalized spacial score (nSPS) is 56.3. The maximum Gasteiger partial charge on any atom is 0.312 e. The summed E-state index contributed by atoms with van der Waals surface area (Å²) in [5.74, 6) is -1.93. The average molecular weight is 503 g/mol. The lowest BCUT2D eigenvalue weighted by molar-refractivity contribution is -0.224. The average Bonchev–Trinajstić information content (AvgIpc) is 2.79. The number of aliphatic hydroxyl groups excluding tert-OH is 1. The SMILES string of the molecule is C[C@@H]1CC[C@]2(C(=O)O)CC[C@]3(C)C(=CC[C@@H]4[C@@]5(C)CC[C@H](O)[C@](C)(C(=O)O)[C@H]5CC[C@]43C)[C@@H]2[C@]1(C)O. The summed E-state index contributed by atoms with van der Waals surface area (Å²) in [5, 5.41) is 43.5. The zero-order valence-corrected chi connectivity index (χ0v) is 22.9. The number of allylic oxidation sites excluding steroid dienone is 1. The van der Waals surface area contributed by atoms with Crippen LogP contribution in [0.2, 0.25) is 0 Å². The molecule has 0 radical (unpaired) electrons. The number of hydrogen-bond donors (Lipinski definition) is 4. The van der Waals surface area contributed by atoms with Gasteiger partial charge in [-0.1, -0.05) is 39.3 Å². The second-order valence-corrected chi connectivity index (χ2v) is 14.5. The van der Waals surface area contributed by atoms with Crippen LogP contribution in [0, 0.1) is 50.7 Å². The molecule has 0 saturated heterocycles. The number of aliphatic carboxylic acids is 2. The lowest BCUT2D eigenvalue weighted by Crippen LogP contribution is -2.68. The summed E-state index contributed by atoms with van der Waals surface area (Å²) < 4.78 is 0. The van der Waals surface area contributed by atoms with Crippen molar-refractivity contribution in [3.63, 3.8) is 0 Å². The Kier molecular flexibility index (Phi) is 5.53. The van der Waals surface area contributed by atoms with Gasteiger partial charge < -0.3 is 20.4 Å². The molecule has 4 saturated carbocycles. The summed E-state index contributed by atoms with van der Waals surface area (Å²) in [5.41, 5.74) is -2.66. The molecule has 4 N–H and O–H groups in total. The van der Waals surface area contributed by atoms with Gasteiger partial charge in [-0.3, -0.25) is 9.59 Å². The number of aliphatic hydroxyl groups is 2. The summed E-state index contributed by atoms with van der Waals surface area (Å²) in [6, 6.07) is 0. The molecule has 202 valence electrons. The van der Waals surface area contributed by atoms with Crippen molar-refractivity contribution in [1.29, 1.82) is 0 Å². The van der Waals surface area contributed by atoms with Gasteiger partial charge in [0.05, 0.1) is 22.5 Å². The number of hydrogen-bond acceptors (Lipinski definition) is 4. The number of carboxylic acid groups (broad SMARTS) is 2. The van der Waals surface area contributed by atoms with Crippen molar-refractivity contribution in [2.45, 2.75) is 111 Å². The van der Waals surface area contributed by atoms with Crippen LogP contribution in [0.1, 0.15) is 99.3 Å². The Morgan fingerprint density at radius 3 is 2.14 bits per heavy atom. The van der Waals surface area contributed by atoms with Crippen LogP contribution in [-0.2, 0) is 9.59 Å². The molecule has 0 bridgehead atoms. The number of rotatable bonds is 2. The van der Waals surface area contributed by atoms with Crippen molar-refractivity contribution in [1.82, 2.24) is 0 Å². The van der Waals surface area contributed by atoms with E-state index in [-0.39, 0.29) is 34.0 Å². The Bertz CT molecular complexity index is 1020. The lowest BCUT2D eigenvalue weighted by atomic mass is 9.33. The lowest BCUT2D eigenvalue weighted by Gasteiger charge is -2.71. The van der Waals surface area contributed by atoms with Crippen LogP contribution in [0.3, 0.4) is 0 Å². The van der Waals surface area contributed by atoms with Crippen LogP contribution in [0.15, 0.2) is 11.6 Å². The predicted octanol–water partition coefficient (Wildman–Crippen LogP) is 5.27. The minimum Gasteiger partial charge on any atom is -0.481 e. The molecule has 0 aromatic heterocycles. The predicted molar refractivity (Wildman–Crippen MR) is 136 cm³/mol. The minimum atomic E-state index is -1.16. The van der Waals surface area contributed by atoms with Crippen LogP contribution in [0.25, 0.3) is 0 Å². The second kappa shape index (κ2) is 7.59. The standard InChI is InChI=1S/C30H46O6/c1-17-9-14-30(24(34)35)16-15-26(3)18(22(30)29(17,6)36)7-8-19-25(2)12-11-21(31)28(5,23(32)33)20(25)10-13-27(19,26)4/h7,17,19-22,31,36H,8-16H2,1-6H3,(H,32,33)(H,34,35)/t17-,19-,20+,21+,22-,25-,26-,27-,28-,29-,30+/m1/s1. The fraction of sp³-hybridized carbons (Fsp3) is 0.867. The summed E-state index contributed by atoms with van der Waals surface area (Å²) in [6.07, 6.45) is 7.77. The number of carbonyl (C=O) groups is 2. The summed E-state index contributed by atoms with van der Waals surface area (Å²) >= 11 is 0. The van der Waals surface area contributed by atoms with E-state index in [0.717, 1.165) is 44.1 Å². The molecule has 5 aliphatic carbocycles. The topological polar surface area (TPSA) is 115 Å². The van der Waals surface area contributed by atoms with Crippen molar-refractivity contribution < 1.29 is 30.0 Å². The molecule has 11 atom stereocenters. The van der Waals surface area contributed by atoms with Crippen molar-refractivity contribution in [2.75, 3.05) is 0 Å². The molecule has 0 spiro atoms. The Balaban J connectivity index is 1.64. The molecule has 0 unspecified atom stereocenters. The molecule has 6 heteroatoms. The van der Waals surface area contributed by atoms with Gasteiger partial charge in [0.25, 0.3) is 0 Å². The summed E-state index contributed by atoms with van der Waals surface area (Å²) in [6.45, 7) is 12.6. The van der Waals surface area contributed by atoms with Crippen LogP contribution in [0.4, 0.5) is 0 Å². The monoisotopic (exact) mass is 502 g/mol. The number of fused-ring (bicyclic) bond motifs is 7. The van der Waals surface area contributed by atoms with Gasteiger partial charge in [-0.15, -0.1) is 0 Å². The molecule has 0 aliphatic heterocycles. The third-order valence-electron chi connectivity index (χ3n) is 13.6. The Morgan fingerprint density at radius 1 is 0.861 bits per heavy atom. The highest BCUT2D eigenvalue weighted by Gasteiger charge is 2.72. The maximum absolute atomic E-state index is 12.8. The van der Waals surface area contributed by atoms with Gasteiger partial charge >= 0.3 is 11.9 Å². The first kappa shape index (κ1) is 26.2. The van der Waals surface area contributed by atoms with E-state index in [1.807, 2.05) is 6.92 Å². The Hall–Kier alpha value is -1.40. The third-order valence-corrected chi connectivity index (χ3v) is 13.6. The van der Waals surface area contributed by atoms with E-state index in [9.17, 15) is 30.0 Å². The molecule has 0 aromatic rings. The van der Waals surface area contributed by atoms with Gasteiger partial charge in [0.2, 0.25) is 0 Å². The van der Waals surface area contributed by atoms with Gasteiger partial charge in [0.1, 0.15) is 0 Å². The van der Waals surface area contributed by atoms with Gasteiger partial charge in [-0.25, -0.2) is 0 Å². The molecule has 36 heavy (non-hydrogen) atoms. The molecule has 5 aliphatic rings. The first-order valence-corrected chi connectivity index (χ1v) is 14.1. The minimum absolute atomic E-state index is 0.0214. The third kappa shape index (κ3) is 2.81. The van der Waals surface area contributed by atoms with E-state index in [0.29, 0.717) is 19.3 Å². The van der Waals surface area contributed by atoms with Crippen LogP contribution >= 0.6 is 0 Å². The van der Waals surface area contributed by atoms with E-state index < -0.39 is 40.4 Å². The van der Waals surface area contributed by atoms with E-state index in [1.165, 1.54) is 0 Å². The van der Waals surface area contributed by atoms with Gasteiger partial charge in [0, 0.05) is 5.92 Å².